The maximum Gasteiger partial charge on any atom is 0.251 e. The standard InChI is InChI=1S/C17H16NO/c19-17(14-8-2-1-3-9-14)18-16-12-6-10-13-7-4-5-11-15(13)16/h1-5,8-9,11,16H,6,10,12H2,(H,18,19). The molecule has 0 saturated carbocycles. The number of carbonyl (C=O) groups excluding carboxylic acids is 1. The lowest BCUT2D eigenvalue weighted by molar-refractivity contribution is 0.0933. The van der Waals surface area contributed by atoms with Crippen molar-refractivity contribution in [3.05, 3.63) is 71.3 Å². The van der Waals surface area contributed by atoms with E-state index in [0.717, 1.165) is 24.8 Å². The maximum atomic E-state index is 12.2. The van der Waals surface area contributed by atoms with Crippen LogP contribution in [0.15, 0.2) is 48.5 Å². The van der Waals surface area contributed by atoms with Crippen LogP contribution in [-0.2, 0) is 6.42 Å². The molecule has 1 unspecified atom stereocenters. The molecule has 1 aliphatic carbocycles. The summed E-state index contributed by atoms with van der Waals surface area (Å²) in [7, 11) is 0. The molecule has 95 valence electrons. The van der Waals surface area contributed by atoms with Crippen molar-refractivity contribution in [3.63, 3.8) is 0 Å². The van der Waals surface area contributed by atoms with E-state index in [-0.39, 0.29) is 11.9 Å². The number of hydrogen-bond donors (Lipinski definition) is 1. The summed E-state index contributed by atoms with van der Waals surface area (Å²) in [5, 5.41) is 3.13. The summed E-state index contributed by atoms with van der Waals surface area (Å²) >= 11 is 0. The Balaban J connectivity index is 1.80. The molecule has 0 aliphatic heterocycles. The van der Waals surface area contributed by atoms with Gasteiger partial charge in [0.05, 0.1) is 6.04 Å². The summed E-state index contributed by atoms with van der Waals surface area (Å²) < 4.78 is 0. The van der Waals surface area contributed by atoms with Gasteiger partial charge in [-0.2, -0.15) is 0 Å². The summed E-state index contributed by atoms with van der Waals surface area (Å²) in [6.45, 7) is 0. The molecule has 0 aromatic heterocycles. The molecule has 1 amide bonds. The molecule has 2 aromatic rings. The average molecular weight is 250 g/mol. The van der Waals surface area contributed by atoms with E-state index < -0.39 is 0 Å². The fourth-order valence-corrected chi connectivity index (χ4v) is 2.65. The van der Waals surface area contributed by atoms with Crippen molar-refractivity contribution in [3.8, 4) is 0 Å². The third kappa shape index (κ3) is 2.53. The van der Waals surface area contributed by atoms with Crippen LogP contribution in [0.4, 0.5) is 0 Å². The number of hydrogen-bond acceptors (Lipinski definition) is 1. The number of nitrogens with one attached hydrogen (secondary N) is 1. The molecule has 1 atom stereocenters. The second-order valence-corrected chi connectivity index (χ2v) is 4.89. The minimum Gasteiger partial charge on any atom is -0.345 e. The quantitative estimate of drug-likeness (QED) is 0.870. The molecule has 0 heterocycles. The molecular weight excluding hydrogens is 234 g/mol. The monoisotopic (exact) mass is 250 g/mol. The molecule has 3 rings (SSSR count). The first kappa shape index (κ1) is 12.0. The van der Waals surface area contributed by atoms with Gasteiger partial charge < -0.3 is 5.32 Å². The Morgan fingerprint density at radius 1 is 1.16 bits per heavy atom. The summed E-state index contributed by atoms with van der Waals surface area (Å²) in [4.78, 5) is 12.2. The number of aryl methyl sites for hydroxylation is 1. The van der Waals surface area contributed by atoms with Gasteiger partial charge in [-0.05, 0) is 48.6 Å². The van der Waals surface area contributed by atoms with Crippen LogP contribution >= 0.6 is 0 Å². The number of rotatable bonds is 2. The molecule has 1 aliphatic rings. The van der Waals surface area contributed by atoms with E-state index >= 15 is 0 Å². The Kier molecular flexibility index (Phi) is 3.32. The van der Waals surface area contributed by atoms with Gasteiger partial charge in [-0.1, -0.05) is 36.4 Å². The number of carbonyl (C=O) groups is 1. The van der Waals surface area contributed by atoms with Gasteiger partial charge in [0.1, 0.15) is 0 Å². The van der Waals surface area contributed by atoms with Crippen LogP contribution in [0.3, 0.4) is 0 Å². The topological polar surface area (TPSA) is 29.1 Å². The Hall–Kier alpha value is -2.09. The largest absolute Gasteiger partial charge is 0.345 e. The molecule has 0 bridgehead atoms. The first-order valence-corrected chi connectivity index (χ1v) is 6.70. The SMILES string of the molecule is O=C(NC1CCCc2[c]cccc21)c1ccccc1. The van der Waals surface area contributed by atoms with Crippen molar-refractivity contribution in [2.75, 3.05) is 0 Å². The minimum absolute atomic E-state index is 0.00213. The lowest BCUT2D eigenvalue weighted by Gasteiger charge is -2.26. The Morgan fingerprint density at radius 2 is 2.00 bits per heavy atom. The van der Waals surface area contributed by atoms with Crippen molar-refractivity contribution < 1.29 is 4.79 Å². The summed E-state index contributed by atoms with van der Waals surface area (Å²) in [5.41, 5.74) is 3.18. The van der Waals surface area contributed by atoms with Crippen LogP contribution < -0.4 is 5.32 Å². The third-order valence-electron chi connectivity index (χ3n) is 3.61. The van der Waals surface area contributed by atoms with Crippen molar-refractivity contribution in [2.45, 2.75) is 25.3 Å². The predicted molar refractivity (Wildman–Crippen MR) is 74.9 cm³/mol. The Morgan fingerprint density at radius 3 is 2.84 bits per heavy atom. The fraction of sp³-hybridized carbons (Fsp3) is 0.235. The first-order valence-electron chi connectivity index (χ1n) is 6.70. The lowest BCUT2D eigenvalue weighted by Crippen LogP contribution is -2.30. The first-order chi connectivity index (χ1) is 9.34. The zero-order valence-electron chi connectivity index (χ0n) is 10.7. The highest BCUT2D eigenvalue weighted by molar-refractivity contribution is 5.94. The molecule has 1 N–H and O–H groups in total. The van der Waals surface area contributed by atoms with Gasteiger partial charge in [-0.3, -0.25) is 4.79 Å². The van der Waals surface area contributed by atoms with Gasteiger partial charge in [-0.15, -0.1) is 0 Å². The second kappa shape index (κ2) is 5.27. The van der Waals surface area contributed by atoms with Crippen molar-refractivity contribution in [2.24, 2.45) is 0 Å². The highest BCUT2D eigenvalue weighted by atomic mass is 16.1. The average Bonchev–Trinajstić information content (AvgIpc) is 2.48. The molecule has 0 fully saturated rings. The second-order valence-electron chi connectivity index (χ2n) is 4.89. The minimum atomic E-state index is 0.00213. The van der Waals surface area contributed by atoms with Gasteiger partial charge in [0.15, 0.2) is 0 Å². The summed E-state index contributed by atoms with van der Waals surface area (Å²) in [6, 6.07) is 18.8. The molecule has 1 radical (unpaired) electrons. The van der Waals surface area contributed by atoms with E-state index in [0.29, 0.717) is 0 Å². The molecule has 0 spiro atoms. The molecule has 2 nitrogen and oxygen atoms in total. The van der Waals surface area contributed by atoms with Gasteiger partial charge in [0.2, 0.25) is 0 Å². The molecule has 0 saturated heterocycles. The van der Waals surface area contributed by atoms with Gasteiger partial charge in [0.25, 0.3) is 5.91 Å². The maximum absolute atomic E-state index is 12.2. The zero-order chi connectivity index (χ0) is 13.1. The van der Waals surface area contributed by atoms with Crippen LogP contribution in [0.2, 0.25) is 0 Å². The van der Waals surface area contributed by atoms with Crippen molar-refractivity contribution in [1.29, 1.82) is 0 Å². The molecular formula is C17H16NO. The predicted octanol–water partition coefficient (Wildman–Crippen LogP) is 3.29. The van der Waals surface area contributed by atoms with Crippen LogP contribution in [0.5, 0.6) is 0 Å². The van der Waals surface area contributed by atoms with Crippen LogP contribution in [0.1, 0.15) is 40.4 Å². The van der Waals surface area contributed by atoms with Gasteiger partial charge in [0, 0.05) is 5.56 Å². The smallest absolute Gasteiger partial charge is 0.251 e. The van der Waals surface area contributed by atoms with Crippen LogP contribution in [0.25, 0.3) is 0 Å². The zero-order valence-corrected chi connectivity index (χ0v) is 10.7. The highest BCUT2D eigenvalue weighted by Gasteiger charge is 2.21. The third-order valence-corrected chi connectivity index (χ3v) is 3.61. The highest BCUT2D eigenvalue weighted by Crippen LogP contribution is 2.29. The number of fused-ring (bicyclic) bond motifs is 1. The van der Waals surface area contributed by atoms with Crippen molar-refractivity contribution >= 4 is 5.91 Å². The summed E-state index contributed by atoms with van der Waals surface area (Å²) in [5.74, 6) is 0.00213. The summed E-state index contributed by atoms with van der Waals surface area (Å²) in [6.07, 6.45) is 3.17. The molecule has 19 heavy (non-hydrogen) atoms. The van der Waals surface area contributed by atoms with Crippen molar-refractivity contribution in [1.82, 2.24) is 5.32 Å². The fourth-order valence-electron chi connectivity index (χ4n) is 2.65. The van der Waals surface area contributed by atoms with E-state index in [9.17, 15) is 4.79 Å². The van der Waals surface area contributed by atoms with E-state index in [1.54, 1.807) is 0 Å². The van der Waals surface area contributed by atoms with Gasteiger partial charge in [-0.25, -0.2) is 0 Å². The number of benzene rings is 2. The van der Waals surface area contributed by atoms with E-state index in [1.807, 2.05) is 42.5 Å². The Bertz CT molecular complexity index is 577. The van der Waals surface area contributed by atoms with Crippen LogP contribution in [0, 0.1) is 6.07 Å². The van der Waals surface area contributed by atoms with Gasteiger partial charge >= 0.3 is 0 Å². The van der Waals surface area contributed by atoms with Crippen LogP contribution in [-0.4, -0.2) is 5.91 Å². The lowest BCUT2D eigenvalue weighted by atomic mass is 9.87. The number of amides is 1. The van der Waals surface area contributed by atoms with E-state index in [2.05, 4.69) is 17.4 Å². The Labute approximate surface area is 113 Å². The molecule has 2 aromatic carbocycles. The normalized spacial score (nSPS) is 17.6. The molecule has 2 heteroatoms. The van der Waals surface area contributed by atoms with E-state index in [4.69, 9.17) is 0 Å². The van der Waals surface area contributed by atoms with E-state index in [1.165, 1.54) is 11.1 Å².